The third-order valence-corrected chi connectivity index (χ3v) is 12.2. The van der Waals surface area contributed by atoms with E-state index in [0.717, 1.165) is 35.3 Å². The molecule has 9 rings (SSSR count). The lowest BCUT2D eigenvalue weighted by Crippen LogP contribution is -2.41. The van der Waals surface area contributed by atoms with E-state index in [-0.39, 0.29) is 75.9 Å². The molecule has 21 heteroatoms. The first-order valence-corrected chi connectivity index (χ1v) is 22.2. The van der Waals surface area contributed by atoms with Crippen molar-refractivity contribution in [3.8, 4) is 17.5 Å². The molecule has 0 saturated carbocycles. The number of carbonyl (C=O) groups is 2. The van der Waals surface area contributed by atoms with Crippen molar-refractivity contribution in [3.63, 3.8) is 0 Å². The Labute approximate surface area is 392 Å². The molecule has 0 spiro atoms. The minimum absolute atomic E-state index is 0.0446. The van der Waals surface area contributed by atoms with Crippen LogP contribution in [0, 0.1) is 22.6 Å². The molecule has 0 unspecified atom stereocenters. The third-order valence-electron chi connectivity index (χ3n) is 12.2. The van der Waals surface area contributed by atoms with Gasteiger partial charge in [0.05, 0.1) is 36.6 Å². The van der Waals surface area contributed by atoms with Gasteiger partial charge in [0, 0.05) is 67.8 Å². The Morgan fingerprint density at radius 2 is 1.72 bits per heavy atom. The third kappa shape index (κ3) is 9.58. The minimum Gasteiger partial charge on any atom is -0.406 e. The van der Waals surface area contributed by atoms with Crippen LogP contribution in [0.5, 0.6) is 5.75 Å². The highest BCUT2D eigenvalue weighted by atomic mass is 19.4. The predicted octanol–water partition coefficient (Wildman–Crippen LogP) is 6.77. The maximum Gasteiger partial charge on any atom is 0.573 e. The Kier molecular flexibility index (Phi) is 12.4. The summed E-state index contributed by atoms with van der Waals surface area (Å²) < 4.78 is 62.7. The van der Waals surface area contributed by atoms with E-state index >= 15 is 4.39 Å². The van der Waals surface area contributed by atoms with Crippen molar-refractivity contribution in [2.24, 2.45) is 5.41 Å². The second kappa shape index (κ2) is 18.4. The highest BCUT2D eigenvalue weighted by Gasteiger charge is 2.34. The normalized spacial score (nSPS) is 14.7. The number of anilines is 2. The van der Waals surface area contributed by atoms with Crippen molar-refractivity contribution in [2.75, 3.05) is 38.5 Å². The molecule has 3 N–H and O–H groups in total. The fraction of sp³-hybridized carbons (Fsp3) is 0.333. The SMILES string of the molecule is CNNC(=O)c1nc(Nc2ccc(OC(F)(F)F)cc2)nc2c1n(-c1ccc(C(=O)N3CCc4c(n(Cc5ccc(C#N)cc5F)c5ncccc45)C3)nc1)c(=O)n2C1CCN(CC(C)(C)C)CC1. The lowest BCUT2D eigenvalue weighted by Gasteiger charge is -2.36. The number of nitrogens with zero attached hydrogens (tertiary/aromatic N) is 10. The Hall–Kier alpha value is -7.70. The van der Waals surface area contributed by atoms with Crippen LogP contribution in [0.25, 0.3) is 27.9 Å². The number of nitrogens with one attached hydrogen (secondary N) is 3. The first-order valence-electron chi connectivity index (χ1n) is 22.2. The Balaban J connectivity index is 1.07. The number of rotatable bonds is 11. The van der Waals surface area contributed by atoms with Gasteiger partial charge in [-0.15, -0.1) is 13.2 Å². The predicted molar refractivity (Wildman–Crippen MR) is 246 cm³/mol. The summed E-state index contributed by atoms with van der Waals surface area (Å²) in [7, 11) is 1.48. The lowest BCUT2D eigenvalue weighted by molar-refractivity contribution is -0.274. The summed E-state index contributed by atoms with van der Waals surface area (Å²) in [5.74, 6) is -2.17. The van der Waals surface area contributed by atoms with Crippen molar-refractivity contribution in [1.29, 1.82) is 5.26 Å². The monoisotopic (exact) mass is 945 g/mol. The summed E-state index contributed by atoms with van der Waals surface area (Å²) in [5.41, 5.74) is 8.24. The van der Waals surface area contributed by atoms with Gasteiger partial charge in [-0.1, -0.05) is 26.8 Å². The van der Waals surface area contributed by atoms with Gasteiger partial charge in [-0.3, -0.25) is 24.1 Å². The van der Waals surface area contributed by atoms with Gasteiger partial charge in [-0.2, -0.15) is 10.2 Å². The Morgan fingerprint density at radius 3 is 2.39 bits per heavy atom. The minimum atomic E-state index is -4.89. The maximum absolute atomic E-state index is 15.2. The van der Waals surface area contributed by atoms with Gasteiger partial charge in [0.25, 0.3) is 11.8 Å². The van der Waals surface area contributed by atoms with Crippen LogP contribution in [0.2, 0.25) is 0 Å². The fourth-order valence-corrected chi connectivity index (χ4v) is 9.27. The van der Waals surface area contributed by atoms with Crippen molar-refractivity contribution in [2.45, 2.75) is 65.5 Å². The van der Waals surface area contributed by atoms with E-state index in [1.54, 1.807) is 33.9 Å². The molecule has 7 aromatic rings. The molecule has 0 radical (unpaired) electrons. The summed E-state index contributed by atoms with van der Waals surface area (Å²) in [5, 5.41) is 13.1. The van der Waals surface area contributed by atoms with Crippen molar-refractivity contribution in [1.82, 2.24) is 54.3 Å². The van der Waals surface area contributed by atoms with Crippen molar-refractivity contribution in [3.05, 3.63) is 129 Å². The number of pyridine rings is 2. The number of alkyl halides is 3. The van der Waals surface area contributed by atoms with Gasteiger partial charge >= 0.3 is 12.1 Å². The molecular weight excluding hydrogens is 899 g/mol. The highest BCUT2D eigenvalue weighted by Crippen LogP contribution is 2.34. The first-order chi connectivity index (χ1) is 33.0. The molecule has 0 aliphatic carbocycles. The first kappa shape index (κ1) is 46.4. The average Bonchev–Trinajstić information content (AvgIpc) is 3.79. The van der Waals surface area contributed by atoms with Crippen LogP contribution >= 0.6 is 0 Å². The van der Waals surface area contributed by atoms with E-state index in [4.69, 9.17) is 4.98 Å². The van der Waals surface area contributed by atoms with Crippen LogP contribution in [0.4, 0.5) is 29.2 Å². The number of ether oxygens (including phenoxy) is 1. The number of amides is 2. The molecule has 17 nitrogen and oxygen atoms in total. The van der Waals surface area contributed by atoms with Crippen LogP contribution in [0.15, 0.2) is 83.9 Å². The molecule has 0 atom stereocenters. The fourth-order valence-electron chi connectivity index (χ4n) is 9.27. The zero-order valence-electron chi connectivity index (χ0n) is 38.1. The van der Waals surface area contributed by atoms with Gasteiger partial charge in [-0.05, 0) is 90.9 Å². The summed E-state index contributed by atoms with van der Waals surface area (Å²) in [6.07, 6.45) is -0.177. The zero-order valence-corrected chi connectivity index (χ0v) is 38.1. The zero-order chi connectivity index (χ0) is 48.8. The van der Waals surface area contributed by atoms with Crippen molar-refractivity contribution >= 4 is 45.6 Å². The molecular formula is C48H47F4N13O4. The summed E-state index contributed by atoms with van der Waals surface area (Å²) in [4.78, 5) is 65.6. The maximum atomic E-state index is 15.2. The van der Waals surface area contributed by atoms with E-state index < -0.39 is 29.5 Å². The number of piperidine rings is 1. The molecule has 2 amide bonds. The number of hydrogen-bond donors (Lipinski definition) is 3. The molecule has 69 heavy (non-hydrogen) atoms. The quantitative estimate of drug-likeness (QED) is 0.0912. The van der Waals surface area contributed by atoms with E-state index in [0.29, 0.717) is 50.1 Å². The molecule has 2 aromatic carbocycles. The van der Waals surface area contributed by atoms with E-state index in [1.807, 2.05) is 22.8 Å². The molecule has 356 valence electrons. The smallest absolute Gasteiger partial charge is 0.406 e. The number of hydrogen-bond acceptors (Lipinski definition) is 12. The Morgan fingerprint density at radius 1 is 0.957 bits per heavy atom. The van der Waals surface area contributed by atoms with Gasteiger partial charge in [0.2, 0.25) is 5.95 Å². The standard InChI is InChI=1S/C48H47F4N13O4/c1-47(2,3)27-61-19-15-31(16-20-61)65-42-40(39(43(66)60-54-4)58-45(59-42)57-30-9-12-33(13-10-30)69-48(50,51)52)64(46(65)68)32-11-14-37(56-24-32)44(67)62-21-17-34-35-6-5-18-55-41(35)63(38(34)26-62)25-29-8-7-28(23-53)22-36(29)49/h5-14,18,22,24,31,54H,15-17,19-21,25-27H2,1-4H3,(H,60,66)(H,57,58,59). The topological polar surface area (TPSA) is 193 Å². The average molecular weight is 946 g/mol. The number of fused-ring (bicyclic) bond motifs is 4. The van der Waals surface area contributed by atoms with Crippen molar-refractivity contribution < 1.29 is 31.9 Å². The van der Waals surface area contributed by atoms with E-state index in [1.165, 1.54) is 42.1 Å². The molecule has 2 aliphatic rings. The van der Waals surface area contributed by atoms with Crippen LogP contribution in [0.3, 0.4) is 0 Å². The molecule has 1 saturated heterocycles. The number of aromatic nitrogens is 7. The summed E-state index contributed by atoms with van der Waals surface area (Å²) in [6.45, 7) is 9.37. The number of benzene rings is 2. The number of nitriles is 1. The molecule has 0 bridgehead atoms. The lowest BCUT2D eigenvalue weighted by atomic mass is 9.94. The summed E-state index contributed by atoms with van der Waals surface area (Å²) >= 11 is 0. The van der Waals surface area contributed by atoms with Crippen LogP contribution in [-0.2, 0) is 19.5 Å². The second-order valence-electron chi connectivity index (χ2n) is 18.2. The number of halogens is 4. The largest absolute Gasteiger partial charge is 0.573 e. The number of hydrazine groups is 1. The van der Waals surface area contributed by atoms with Gasteiger partial charge in [0.15, 0.2) is 11.3 Å². The molecule has 1 fully saturated rings. The van der Waals surface area contributed by atoms with Gasteiger partial charge in [0.1, 0.15) is 28.4 Å². The van der Waals surface area contributed by atoms with E-state index in [9.17, 15) is 32.8 Å². The molecule has 7 heterocycles. The van der Waals surface area contributed by atoms with Crippen LogP contribution in [-0.4, -0.2) is 94.8 Å². The van der Waals surface area contributed by atoms with Gasteiger partial charge < -0.3 is 24.4 Å². The van der Waals surface area contributed by atoms with Crippen LogP contribution in [0.1, 0.15) is 83.0 Å². The van der Waals surface area contributed by atoms with Crippen LogP contribution < -0.4 is 26.6 Å². The number of carbonyl (C=O) groups excluding carboxylic acids is 2. The van der Waals surface area contributed by atoms with E-state index in [2.05, 4.69) is 61.5 Å². The Bertz CT molecular complexity index is 3200. The highest BCUT2D eigenvalue weighted by molar-refractivity contribution is 6.03. The number of imidazole rings is 1. The summed E-state index contributed by atoms with van der Waals surface area (Å²) in [6, 6.07) is 17.7. The van der Waals surface area contributed by atoms with Gasteiger partial charge in [-0.25, -0.2) is 29.6 Å². The number of likely N-dealkylation sites (tertiary alicyclic amines) is 1. The molecule has 2 aliphatic heterocycles. The molecule has 5 aromatic heterocycles. The second-order valence-corrected chi connectivity index (χ2v) is 18.2.